The maximum absolute atomic E-state index is 6.13. The van der Waals surface area contributed by atoms with E-state index in [1.54, 1.807) is 28.4 Å². The van der Waals surface area contributed by atoms with Gasteiger partial charge in [0.2, 0.25) is 0 Å². The zero-order valence-electron chi connectivity index (χ0n) is 17.1. The highest BCUT2D eigenvalue weighted by atomic mass is 16.7. The number of methoxy groups -OCH3 is 4. The zero-order chi connectivity index (χ0) is 19.7. The molecule has 9 nitrogen and oxygen atoms in total. The van der Waals surface area contributed by atoms with Crippen LogP contribution < -0.4 is 0 Å². The van der Waals surface area contributed by atoms with E-state index in [9.17, 15) is 0 Å². The monoisotopic (exact) mass is 524 g/mol. The highest BCUT2D eigenvalue weighted by Gasteiger charge is 2.41. The number of hydrogen-bond donors (Lipinski definition) is 0. The molecule has 1 saturated heterocycles. The van der Waals surface area contributed by atoms with E-state index in [0.717, 1.165) is 0 Å². The molecule has 0 aromatic rings. The van der Waals surface area contributed by atoms with E-state index in [-0.39, 0.29) is 77.7 Å². The minimum atomic E-state index is -0.540. The van der Waals surface area contributed by atoms with Gasteiger partial charge in [0, 0.05) is 35.0 Å². The Bertz CT molecular complexity index is 336. The molecule has 0 bridgehead atoms. The first-order valence-electron chi connectivity index (χ1n) is 9.30. The summed E-state index contributed by atoms with van der Waals surface area (Å²) in [5.41, 5.74) is 0. The van der Waals surface area contributed by atoms with Gasteiger partial charge in [0.1, 0.15) is 12.2 Å². The third-order valence-electron chi connectivity index (χ3n) is 3.98. The van der Waals surface area contributed by atoms with Crippen LogP contribution in [0, 0.1) is 0 Å². The molecule has 1 rings (SSSR count). The van der Waals surface area contributed by atoms with Gasteiger partial charge in [-0.1, -0.05) is 59.4 Å². The summed E-state index contributed by atoms with van der Waals surface area (Å²) < 4.78 is 49.6. The molecule has 35 heavy (non-hydrogen) atoms. The Balaban J connectivity index is -0.000000152. The first kappa shape index (κ1) is 55.2. The van der Waals surface area contributed by atoms with Gasteiger partial charge in [-0.15, -0.1) is 0 Å². The second kappa shape index (κ2) is 38.2. The molecule has 226 valence electrons. The van der Waals surface area contributed by atoms with Crippen LogP contribution in [0.1, 0.15) is 65.8 Å². The van der Waals surface area contributed by atoms with Crippen molar-refractivity contribution in [1.82, 2.24) is 0 Å². The summed E-state index contributed by atoms with van der Waals surface area (Å²) in [6, 6.07) is 0. The molecule has 0 N–H and O–H groups in total. The summed E-state index contributed by atoms with van der Waals surface area (Å²) in [7, 11) is 6.57. The Hall–Kier alpha value is -0.360. The summed E-state index contributed by atoms with van der Waals surface area (Å²) in [5, 5.41) is 0. The molecular weight excluding hydrogens is 456 g/mol. The van der Waals surface area contributed by atoms with Crippen LogP contribution in [0.3, 0.4) is 0 Å². The maximum Gasteiger partial charge on any atom is 0.186 e. The van der Waals surface area contributed by atoms with Gasteiger partial charge in [-0.2, -0.15) is 0 Å². The summed E-state index contributed by atoms with van der Waals surface area (Å²) in [5.74, 6) is 0. The second-order valence-electron chi connectivity index (χ2n) is 6.04. The lowest BCUT2D eigenvalue weighted by molar-refractivity contribution is -0.207. The van der Waals surface area contributed by atoms with Crippen LogP contribution in [0.15, 0.2) is 0 Å². The van der Waals surface area contributed by atoms with Crippen LogP contribution in [0.2, 0.25) is 0 Å². The van der Waals surface area contributed by atoms with Crippen LogP contribution in [0.5, 0.6) is 0 Å². The fourth-order valence-electron chi connectivity index (χ4n) is 2.54. The first-order chi connectivity index (χ1) is 13.3. The van der Waals surface area contributed by atoms with Crippen molar-refractivity contribution in [1.29, 1.82) is 0 Å². The molecule has 9 heteroatoms. The van der Waals surface area contributed by atoms with Crippen molar-refractivity contribution < 1.29 is 42.6 Å². The van der Waals surface area contributed by atoms with Crippen molar-refractivity contribution in [3.05, 3.63) is 0 Å². The van der Waals surface area contributed by atoms with Gasteiger partial charge in [0.15, 0.2) is 6.29 Å². The Kier molecular flexibility index (Phi) is 60.2. The molecule has 1 fully saturated rings. The SMILES string of the molecule is C.C.C.C.C.C.C.C.COCCOCC(CCOC)OC1OCC(OCCOC)C1OCCOC. The Morgan fingerprint density at radius 3 is 1.63 bits per heavy atom. The lowest BCUT2D eigenvalue weighted by Crippen LogP contribution is -2.40. The molecule has 1 heterocycles. The molecule has 1 aliphatic heterocycles. The van der Waals surface area contributed by atoms with E-state index in [1.807, 2.05) is 0 Å². The fourth-order valence-corrected chi connectivity index (χ4v) is 2.54. The highest BCUT2D eigenvalue weighted by Crippen LogP contribution is 2.24. The van der Waals surface area contributed by atoms with Crippen LogP contribution in [-0.2, 0) is 42.6 Å². The molecule has 0 aromatic heterocycles. The molecule has 1 aliphatic rings. The summed E-state index contributed by atoms with van der Waals surface area (Å²) in [4.78, 5) is 0. The minimum Gasteiger partial charge on any atom is -0.385 e. The number of ether oxygens (including phenoxy) is 9. The zero-order valence-corrected chi connectivity index (χ0v) is 17.1. The van der Waals surface area contributed by atoms with Crippen LogP contribution in [0.4, 0.5) is 0 Å². The molecule has 4 atom stereocenters. The normalized spacial score (nSPS) is 18.3. The van der Waals surface area contributed by atoms with Gasteiger partial charge in [-0.3, -0.25) is 0 Å². The molecule has 0 saturated carbocycles. The summed E-state index contributed by atoms with van der Waals surface area (Å²) in [6.07, 6.45) is -0.607. The predicted molar refractivity (Wildman–Crippen MR) is 151 cm³/mol. The lowest BCUT2D eigenvalue weighted by Gasteiger charge is -2.27. The van der Waals surface area contributed by atoms with Gasteiger partial charge in [0.25, 0.3) is 0 Å². The summed E-state index contributed by atoms with van der Waals surface area (Å²) in [6.45, 7) is 4.32. The van der Waals surface area contributed by atoms with Gasteiger partial charge in [0.05, 0.1) is 59.0 Å². The molecular formula is C26H68O9. The first-order valence-corrected chi connectivity index (χ1v) is 9.30. The molecule has 0 spiro atoms. The van der Waals surface area contributed by atoms with E-state index < -0.39 is 6.29 Å². The smallest absolute Gasteiger partial charge is 0.186 e. The number of rotatable bonds is 18. The largest absolute Gasteiger partial charge is 0.385 e. The Morgan fingerprint density at radius 1 is 0.629 bits per heavy atom. The third-order valence-corrected chi connectivity index (χ3v) is 3.98. The van der Waals surface area contributed by atoms with Crippen LogP contribution >= 0.6 is 0 Å². The topological polar surface area (TPSA) is 83.1 Å². The molecule has 4 unspecified atom stereocenters. The lowest BCUT2D eigenvalue weighted by atomic mass is 10.2. The Labute approximate surface area is 221 Å². The standard InChI is InChI=1S/C18H36O9.8CH4/c1-19-6-5-15(13-23-10-7-20-2)27-18-17(25-12-9-22-4)16(14-26-18)24-11-8-21-3;;;;;;;;/h15-18H,5-14H2,1-4H3;8*1H4. The van der Waals surface area contributed by atoms with Crippen molar-refractivity contribution in [2.75, 3.05) is 87.9 Å². The van der Waals surface area contributed by atoms with Gasteiger partial charge >= 0.3 is 0 Å². The van der Waals surface area contributed by atoms with Crippen molar-refractivity contribution in [3.63, 3.8) is 0 Å². The molecule has 0 aliphatic carbocycles. The molecule has 0 aromatic carbocycles. The Morgan fingerprint density at radius 2 is 1.11 bits per heavy atom. The predicted octanol–water partition coefficient (Wildman–Crippen LogP) is 5.58. The van der Waals surface area contributed by atoms with Crippen molar-refractivity contribution in [2.24, 2.45) is 0 Å². The highest BCUT2D eigenvalue weighted by molar-refractivity contribution is 4.82. The summed E-state index contributed by atoms with van der Waals surface area (Å²) >= 11 is 0. The average molecular weight is 525 g/mol. The number of hydrogen-bond acceptors (Lipinski definition) is 9. The van der Waals surface area contributed by atoms with Gasteiger partial charge in [-0.05, 0) is 6.42 Å². The molecule has 0 radical (unpaired) electrons. The van der Waals surface area contributed by atoms with Crippen molar-refractivity contribution in [3.8, 4) is 0 Å². The van der Waals surface area contributed by atoms with Gasteiger partial charge in [-0.25, -0.2) is 0 Å². The second-order valence-corrected chi connectivity index (χ2v) is 6.04. The van der Waals surface area contributed by atoms with E-state index in [1.165, 1.54) is 0 Å². The third kappa shape index (κ3) is 25.1. The van der Waals surface area contributed by atoms with Gasteiger partial charge < -0.3 is 42.6 Å². The van der Waals surface area contributed by atoms with E-state index in [2.05, 4.69) is 0 Å². The average Bonchev–Trinajstić information content (AvgIpc) is 3.05. The van der Waals surface area contributed by atoms with Crippen molar-refractivity contribution >= 4 is 0 Å². The molecule has 0 amide bonds. The van der Waals surface area contributed by atoms with E-state index >= 15 is 0 Å². The van der Waals surface area contributed by atoms with Crippen molar-refractivity contribution in [2.45, 2.75) is 90.4 Å². The fraction of sp³-hybridized carbons (Fsp3) is 1.00. The van der Waals surface area contributed by atoms with E-state index in [4.69, 9.17) is 42.6 Å². The van der Waals surface area contributed by atoms with Crippen LogP contribution in [0.25, 0.3) is 0 Å². The van der Waals surface area contributed by atoms with Crippen LogP contribution in [-0.4, -0.2) is 113 Å². The quantitative estimate of drug-likeness (QED) is 0.213. The minimum absolute atomic E-state index is 0. The maximum atomic E-state index is 6.13. The van der Waals surface area contributed by atoms with E-state index in [0.29, 0.717) is 65.9 Å².